The Hall–Kier alpha value is -2.19. The standard InChI is InChI=1S/C25H29IN2O3/c1-4-27(5-2)15-6-16-28-22(18-11-13-20(26)14-12-18)21(24(30)25(28)31)23(29)19-9-7-17(3)8-10-19/h7-14,22,29H,4-6,15-16H2,1-3H3. The van der Waals surface area contributed by atoms with Crippen LogP contribution < -0.4 is 0 Å². The predicted octanol–water partition coefficient (Wildman–Crippen LogP) is 4.75. The first-order chi connectivity index (χ1) is 14.9. The van der Waals surface area contributed by atoms with Crippen LogP contribution in [0.3, 0.4) is 0 Å². The minimum Gasteiger partial charge on any atom is -0.507 e. The van der Waals surface area contributed by atoms with E-state index in [1.807, 2.05) is 43.3 Å². The number of carbonyl (C=O) groups excluding carboxylic acids is 2. The molecule has 5 nitrogen and oxygen atoms in total. The third kappa shape index (κ3) is 5.18. The second-order valence-electron chi connectivity index (χ2n) is 7.79. The predicted molar refractivity (Wildman–Crippen MR) is 132 cm³/mol. The smallest absolute Gasteiger partial charge is 0.295 e. The molecule has 1 unspecified atom stereocenters. The third-order valence-corrected chi connectivity index (χ3v) is 6.54. The van der Waals surface area contributed by atoms with Crippen LogP contribution in [-0.4, -0.2) is 52.8 Å². The summed E-state index contributed by atoms with van der Waals surface area (Å²) >= 11 is 2.23. The molecule has 1 saturated heterocycles. The molecule has 0 aromatic heterocycles. The van der Waals surface area contributed by atoms with Gasteiger partial charge in [-0.1, -0.05) is 55.8 Å². The van der Waals surface area contributed by atoms with Gasteiger partial charge in [0, 0.05) is 15.7 Å². The lowest BCUT2D eigenvalue weighted by atomic mass is 9.95. The van der Waals surface area contributed by atoms with Gasteiger partial charge in [-0.15, -0.1) is 0 Å². The fourth-order valence-electron chi connectivity index (χ4n) is 3.97. The van der Waals surface area contributed by atoms with Crippen molar-refractivity contribution < 1.29 is 14.7 Å². The number of halogens is 1. The number of carbonyl (C=O) groups is 2. The first-order valence-corrected chi connectivity index (χ1v) is 11.8. The van der Waals surface area contributed by atoms with Crippen LogP contribution in [0, 0.1) is 10.5 Å². The normalized spacial score (nSPS) is 18.2. The Balaban J connectivity index is 2.01. The van der Waals surface area contributed by atoms with Crippen molar-refractivity contribution in [2.45, 2.75) is 33.2 Å². The maximum absolute atomic E-state index is 13.0. The molecule has 0 radical (unpaired) electrons. The summed E-state index contributed by atoms with van der Waals surface area (Å²) in [5.41, 5.74) is 2.60. The number of hydrogen-bond donors (Lipinski definition) is 1. The molecule has 1 aliphatic heterocycles. The SMILES string of the molecule is CCN(CC)CCCN1C(=O)C(=O)C(=C(O)c2ccc(C)cc2)C1c1ccc(I)cc1. The van der Waals surface area contributed by atoms with E-state index in [2.05, 4.69) is 41.3 Å². The molecule has 1 aliphatic rings. The molecule has 0 aliphatic carbocycles. The first-order valence-electron chi connectivity index (χ1n) is 10.7. The van der Waals surface area contributed by atoms with Crippen LogP contribution in [0.5, 0.6) is 0 Å². The van der Waals surface area contributed by atoms with Crippen molar-refractivity contribution in [3.63, 3.8) is 0 Å². The highest BCUT2D eigenvalue weighted by Crippen LogP contribution is 2.39. The average molecular weight is 532 g/mol. The van der Waals surface area contributed by atoms with Crippen LogP contribution in [-0.2, 0) is 9.59 Å². The molecule has 6 heteroatoms. The topological polar surface area (TPSA) is 60.9 Å². The number of aliphatic hydroxyl groups excluding tert-OH is 1. The third-order valence-electron chi connectivity index (χ3n) is 5.82. The number of benzene rings is 2. The summed E-state index contributed by atoms with van der Waals surface area (Å²) in [6, 6.07) is 14.5. The monoisotopic (exact) mass is 532 g/mol. The van der Waals surface area contributed by atoms with Crippen molar-refractivity contribution in [2.75, 3.05) is 26.2 Å². The molecular weight excluding hydrogens is 503 g/mol. The van der Waals surface area contributed by atoms with Gasteiger partial charge < -0.3 is 14.9 Å². The molecule has 1 atom stereocenters. The van der Waals surface area contributed by atoms with E-state index in [1.165, 1.54) is 0 Å². The van der Waals surface area contributed by atoms with Gasteiger partial charge in [0.15, 0.2) is 0 Å². The van der Waals surface area contributed by atoms with Crippen molar-refractivity contribution in [1.82, 2.24) is 9.80 Å². The van der Waals surface area contributed by atoms with Crippen LogP contribution in [0.4, 0.5) is 0 Å². The quantitative estimate of drug-likeness (QED) is 0.231. The van der Waals surface area contributed by atoms with Crippen LogP contribution in [0.25, 0.3) is 5.76 Å². The van der Waals surface area contributed by atoms with Crippen LogP contribution in [0.2, 0.25) is 0 Å². The van der Waals surface area contributed by atoms with Crippen molar-refractivity contribution in [1.29, 1.82) is 0 Å². The van der Waals surface area contributed by atoms with Crippen LogP contribution in [0.1, 0.15) is 43.0 Å². The molecule has 0 bridgehead atoms. The molecule has 1 N–H and O–H groups in total. The summed E-state index contributed by atoms with van der Waals surface area (Å²) < 4.78 is 1.07. The molecule has 31 heavy (non-hydrogen) atoms. The van der Waals surface area contributed by atoms with Crippen molar-refractivity contribution in [3.05, 3.63) is 74.4 Å². The van der Waals surface area contributed by atoms with Gasteiger partial charge >= 0.3 is 0 Å². The Morgan fingerprint density at radius 1 is 1.03 bits per heavy atom. The highest BCUT2D eigenvalue weighted by Gasteiger charge is 2.45. The molecule has 1 amide bonds. The first kappa shape index (κ1) is 23.5. The van der Waals surface area contributed by atoms with E-state index in [-0.39, 0.29) is 11.3 Å². The maximum Gasteiger partial charge on any atom is 0.295 e. The summed E-state index contributed by atoms with van der Waals surface area (Å²) in [6.07, 6.45) is 0.764. The number of nitrogens with zero attached hydrogens (tertiary/aromatic N) is 2. The van der Waals surface area contributed by atoms with Gasteiger partial charge in [0.05, 0.1) is 11.6 Å². The number of aliphatic hydroxyl groups is 1. The molecule has 1 heterocycles. The van der Waals surface area contributed by atoms with Crippen molar-refractivity contribution in [2.24, 2.45) is 0 Å². The summed E-state index contributed by atoms with van der Waals surface area (Å²) in [7, 11) is 0. The molecule has 1 fully saturated rings. The maximum atomic E-state index is 13.0. The number of hydrogen-bond acceptors (Lipinski definition) is 4. The summed E-state index contributed by atoms with van der Waals surface area (Å²) in [6.45, 7) is 9.40. The molecule has 164 valence electrons. The fraction of sp³-hybridized carbons (Fsp3) is 0.360. The lowest BCUT2D eigenvalue weighted by molar-refractivity contribution is -0.140. The minimum absolute atomic E-state index is 0.117. The molecule has 2 aromatic rings. The lowest BCUT2D eigenvalue weighted by Gasteiger charge is -2.27. The molecule has 0 saturated carbocycles. The van der Waals surface area contributed by atoms with Crippen molar-refractivity contribution in [3.8, 4) is 0 Å². The lowest BCUT2D eigenvalue weighted by Crippen LogP contribution is -2.33. The summed E-state index contributed by atoms with van der Waals surface area (Å²) in [5, 5.41) is 11.1. The zero-order chi connectivity index (χ0) is 22.5. The van der Waals surface area contributed by atoms with Gasteiger partial charge in [0.2, 0.25) is 0 Å². The van der Waals surface area contributed by atoms with Gasteiger partial charge in [-0.3, -0.25) is 9.59 Å². The number of aryl methyl sites for hydroxylation is 1. The Labute approximate surface area is 197 Å². The van der Waals surface area contributed by atoms with Crippen LogP contribution in [0.15, 0.2) is 54.1 Å². The summed E-state index contributed by atoms with van der Waals surface area (Å²) in [4.78, 5) is 29.9. The molecule has 0 spiro atoms. The van der Waals surface area contributed by atoms with E-state index >= 15 is 0 Å². The largest absolute Gasteiger partial charge is 0.507 e. The van der Waals surface area contributed by atoms with E-state index < -0.39 is 17.7 Å². The number of Topliss-reactive ketones (excluding diaryl/α,β-unsaturated/α-hetero) is 1. The van der Waals surface area contributed by atoms with Gasteiger partial charge in [-0.2, -0.15) is 0 Å². The number of rotatable bonds is 8. The zero-order valence-corrected chi connectivity index (χ0v) is 20.4. The fourth-order valence-corrected chi connectivity index (χ4v) is 4.33. The second-order valence-corrected chi connectivity index (χ2v) is 9.04. The molecular formula is C25H29IN2O3. The average Bonchev–Trinajstić information content (AvgIpc) is 3.02. The van der Waals surface area contributed by atoms with E-state index in [1.54, 1.807) is 17.0 Å². The van der Waals surface area contributed by atoms with Gasteiger partial charge in [-0.05, 0) is 73.3 Å². The van der Waals surface area contributed by atoms with Gasteiger partial charge in [0.1, 0.15) is 5.76 Å². The van der Waals surface area contributed by atoms with Crippen molar-refractivity contribution >= 4 is 40.0 Å². The van der Waals surface area contributed by atoms with E-state index in [9.17, 15) is 14.7 Å². The zero-order valence-electron chi connectivity index (χ0n) is 18.3. The van der Waals surface area contributed by atoms with Gasteiger partial charge in [0.25, 0.3) is 11.7 Å². The Kier molecular flexibility index (Phi) is 7.89. The van der Waals surface area contributed by atoms with E-state index in [4.69, 9.17) is 0 Å². The van der Waals surface area contributed by atoms with Gasteiger partial charge in [-0.25, -0.2) is 0 Å². The Morgan fingerprint density at radius 2 is 1.65 bits per heavy atom. The Morgan fingerprint density at radius 3 is 2.23 bits per heavy atom. The van der Waals surface area contributed by atoms with E-state index in [0.29, 0.717) is 12.1 Å². The van der Waals surface area contributed by atoms with Crippen LogP contribution >= 0.6 is 22.6 Å². The number of ketones is 1. The van der Waals surface area contributed by atoms with E-state index in [0.717, 1.165) is 40.8 Å². The Bertz CT molecular complexity index is 963. The highest BCUT2D eigenvalue weighted by atomic mass is 127. The number of likely N-dealkylation sites (tertiary alicyclic amines) is 1. The number of amides is 1. The molecule has 3 rings (SSSR count). The highest BCUT2D eigenvalue weighted by molar-refractivity contribution is 14.1. The molecule has 2 aromatic carbocycles. The second kappa shape index (κ2) is 10.4. The summed E-state index contributed by atoms with van der Waals surface area (Å²) in [5.74, 6) is -1.28. The minimum atomic E-state index is -0.621.